The van der Waals surface area contributed by atoms with E-state index in [4.69, 9.17) is 4.74 Å². The number of hydrogen-bond donors (Lipinski definition) is 3. The lowest BCUT2D eigenvalue weighted by Gasteiger charge is -2.13. The van der Waals surface area contributed by atoms with Crippen molar-refractivity contribution in [2.24, 2.45) is 0 Å². The van der Waals surface area contributed by atoms with Gasteiger partial charge in [0, 0.05) is 11.7 Å². The first kappa shape index (κ1) is 23.4. The third kappa shape index (κ3) is 5.97. The van der Waals surface area contributed by atoms with E-state index in [2.05, 4.69) is 15.4 Å². The fraction of sp³-hybridized carbons (Fsp3) is 0.167. The Kier molecular flexibility index (Phi) is 6.90. The maximum atomic E-state index is 13.7. The van der Waals surface area contributed by atoms with E-state index in [-0.39, 0.29) is 33.6 Å². The maximum Gasteiger partial charge on any atom is 0.262 e. The first-order valence-electron chi connectivity index (χ1n) is 10.5. The van der Waals surface area contributed by atoms with Crippen molar-refractivity contribution in [1.82, 2.24) is 4.72 Å². The zero-order chi connectivity index (χ0) is 24.1. The standard InChI is InChI=1S/C24H22FN3O5S/c25-20-9-2-3-10-21(20)27-23(29)15-33-22-11-4-1-8-19(22)24(30)26-17-6-5-7-18(14-17)34(31,32)28-16-12-13-16/h1-11,14,16,28H,12-13,15H2,(H,26,30)(H,27,29). The highest BCUT2D eigenvalue weighted by atomic mass is 32.2. The maximum absolute atomic E-state index is 13.7. The molecule has 2 amide bonds. The van der Waals surface area contributed by atoms with Crippen molar-refractivity contribution in [1.29, 1.82) is 0 Å². The van der Waals surface area contributed by atoms with Crippen LogP contribution in [0.5, 0.6) is 5.75 Å². The molecule has 0 aliphatic heterocycles. The Morgan fingerprint density at radius 1 is 0.941 bits per heavy atom. The molecule has 0 heterocycles. The lowest BCUT2D eigenvalue weighted by molar-refractivity contribution is -0.118. The number of carbonyl (C=O) groups excluding carboxylic acids is 2. The zero-order valence-electron chi connectivity index (χ0n) is 18.0. The summed E-state index contributed by atoms with van der Waals surface area (Å²) < 4.78 is 46.7. The zero-order valence-corrected chi connectivity index (χ0v) is 18.8. The van der Waals surface area contributed by atoms with Crippen LogP contribution in [0, 0.1) is 5.82 Å². The lowest BCUT2D eigenvalue weighted by Crippen LogP contribution is -2.25. The summed E-state index contributed by atoms with van der Waals surface area (Å²) in [5.41, 5.74) is 0.453. The van der Waals surface area contributed by atoms with Crippen molar-refractivity contribution < 1.29 is 27.1 Å². The first-order chi connectivity index (χ1) is 16.3. The third-order valence-corrected chi connectivity index (χ3v) is 6.46. The molecule has 1 fully saturated rings. The Bertz CT molecular complexity index is 1330. The predicted octanol–water partition coefficient (Wildman–Crippen LogP) is 3.54. The molecule has 1 aliphatic carbocycles. The van der Waals surface area contributed by atoms with Gasteiger partial charge >= 0.3 is 0 Å². The SMILES string of the molecule is O=C(COc1ccccc1C(=O)Nc1cccc(S(=O)(=O)NC2CC2)c1)Nc1ccccc1F. The van der Waals surface area contributed by atoms with Crippen LogP contribution >= 0.6 is 0 Å². The monoisotopic (exact) mass is 483 g/mol. The summed E-state index contributed by atoms with van der Waals surface area (Å²) in [4.78, 5) is 25.1. The quantitative estimate of drug-likeness (QED) is 0.431. The number of nitrogens with one attached hydrogen (secondary N) is 3. The van der Waals surface area contributed by atoms with Crippen molar-refractivity contribution in [3.63, 3.8) is 0 Å². The third-order valence-electron chi connectivity index (χ3n) is 4.94. The molecule has 0 spiro atoms. The molecule has 0 saturated heterocycles. The normalized spacial score (nSPS) is 13.2. The van der Waals surface area contributed by atoms with E-state index in [1.165, 1.54) is 48.5 Å². The van der Waals surface area contributed by atoms with E-state index in [0.29, 0.717) is 0 Å². The number of amides is 2. The largest absolute Gasteiger partial charge is 0.483 e. The number of sulfonamides is 1. The van der Waals surface area contributed by atoms with Crippen LogP contribution in [0.25, 0.3) is 0 Å². The Hall–Kier alpha value is -3.76. The molecule has 1 saturated carbocycles. The number of para-hydroxylation sites is 2. The second-order valence-corrected chi connectivity index (χ2v) is 9.40. The van der Waals surface area contributed by atoms with Gasteiger partial charge in [0.25, 0.3) is 11.8 Å². The molecule has 0 aromatic heterocycles. The van der Waals surface area contributed by atoms with Gasteiger partial charge in [-0.15, -0.1) is 0 Å². The van der Waals surface area contributed by atoms with E-state index in [0.717, 1.165) is 12.8 Å². The van der Waals surface area contributed by atoms with Gasteiger partial charge in [-0.3, -0.25) is 9.59 Å². The molecule has 0 atom stereocenters. The Morgan fingerprint density at radius 2 is 1.68 bits per heavy atom. The average molecular weight is 484 g/mol. The molecule has 4 rings (SSSR count). The minimum Gasteiger partial charge on any atom is -0.483 e. The molecule has 176 valence electrons. The molecule has 3 N–H and O–H groups in total. The molecular formula is C24H22FN3O5S. The van der Waals surface area contributed by atoms with Crippen LogP contribution in [-0.4, -0.2) is 32.9 Å². The van der Waals surface area contributed by atoms with Crippen LogP contribution in [-0.2, 0) is 14.8 Å². The fourth-order valence-electron chi connectivity index (χ4n) is 3.10. The Balaban J connectivity index is 1.42. The molecule has 0 bridgehead atoms. The summed E-state index contributed by atoms with van der Waals surface area (Å²) in [6, 6.07) is 17.9. The Morgan fingerprint density at radius 3 is 2.44 bits per heavy atom. The first-order valence-corrected chi connectivity index (χ1v) is 12.0. The van der Waals surface area contributed by atoms with Gasteiger partial charge in [0.15, 0.2) is 6.61 Å². The van der Waals surface area contributed by atoms with E-state index in [1.807, 2.05) is 0 Å². The predicted molar refractivity (Wildman–Crippen MR) is 125 cm³/mol. The van der Waals surface area contributed by atoms with Crippen LogP contribution in [0.4, 0.5) is 15.8 Å². The Labute approximate surface area is 196 Å². The molecule has 10 heteroatoms. The van der Waals surface area contributed by atoms with Gasteiger partial charge in [-0.25, -0.2) is 17.5 Å². The number of rotatable bonds is 9. The van der Waals surface area contributed by atoms with Gasteiger partial charge in [-0.2, -0.15) is 0 Å². The molecule has 8 nitrogen and oxygen atoms in total. The molecule has 0 unspecified atom stereocenters. The van der Waals surface area contributed by atoms with Crippen LogP contribution in [0.3, 0.4) is 0 Å². The molecule has 3 aromatic carbocycles. The highest BCUT2D eigenvalue weighted by Gasteiger charge is 2.28. The van der Waals surface area contributed by atoms with Crippen LogP contribution < -0.4 is 20.1 Å². The number of ether oxygens (including phenoxy) is 1. The van der Waals surface area contributed by atoms with Crippen molar-refractivity contribution in [2.75, 3.05) is 17.2 Å². The lowest BCUT2D eigenvalue weighted by atomic mass is 10.2. The van der Waals surface area contributed by atoms with E-state index in [1.54, 1.807) is 24.3 Å². The number of benzene rings is 3. The number of anilines is 2. The van der Waals surface area contributed by atoms with Gasteiger partial charge < -0.3 is 15.4 Å². The summed E-state index contributed by atoms with van der Waals surface area (Å²) in [5.74, 6) is -1.58. The molecule has 34 heavy (non-hydrogen) atoms. The molecule has 0 radical (unpaired) electrons. The van der Waals surface area contributed by atoms with Gasteiger partial charge in [0.2, 0.25) is 10.0 Å². The fourth-order valence-corrected chi connectivity index (χ4v) is 4.45. The average Bonchev–Trinajstić information content (AvgIpc) is 3.63. The summed E-state index contributed by atoms with van der Waals surface area (Å²) in [5, 5.41) is 5.06. The van der Waals surface area contributed by atoms with Gasteiger partial charge in [-0.1, -0.05) is 30.3 Å². The van der Waals surface area contributed by atoms with Crippen molar-refractivity contribution in [3.05, 3.63) is 84.2 Å². The van der Waals surface area contributed by atoms with Crippen molar-refractivity contribution in [2.45, 2.75) is 23.8 Å². The highest BCUT2D eigenvalue weighted by Crippen LogP contribution is 2.24. The van der Waals surface area contributed by atoms with E-state index >= 15 is 0 Å². The van der Waals surface area contributed by atoms with Gasteiger partial charge in [-0.05, 0) is 55.3 Å². The number of halogens is 1. The van der Waals surface area contributed by atoms with E-state index < -0.39 is 34.3 Å². The van der Waals surface area contributed by atoms with Crippen LogP contribution in [0.2, 0.25) is 0 Å². The summed E-state index contributed by atoms with van der Waals surface area (Å²) in [6.07, 6.45) is 1.62. The number of carbonyl (C=O) groups is 2. The van der Waals surface area contributed by atoms with E-state index in [9.17, 15) is 22.4 Å². The van der Waals surface area contributed by atoms with Crippen molar-refractivity contribution in [3.8, 4) is 5.75 Å². The van der Waals surface area contributed by atoms with Crippen molar-refractivity contribution >= 4 is 33.2 Å². The molecule has 1 aliphatic rings. The van der Waals surface area contributed by atoms with Crippen LogP contribution in [0.1, 0.15) is 23.2 Å². The highest BCUT2D eigenvalue weighted by molar-refractivity contribution is 7.89. The van der Waals surface area contributed by atoms with Gasteiger partial charge in [0.1, 0.15) is 11.6 Å². The summed E-state index contributed by atoms with van der Waals surface area (Å²) in [6.45, 7) is -0.445. The second-order valence-electron chi connectivity index (χ2n) is 7.69. The minimum atomic E-state index is -3.67. The smallest absolute Gasteiger partial charge is 0.262 e. The summed E-state index contributed by atoms with van der Waals surface area (Å²) >= 11 is 0. The van der Waals surface area contributed by atoms with Crippen LogP contribution in [0.15, 0.2) is 77.7 Å². The molecule has 3 aromatic rings. The summed E-state index contributed by atoms with van der Waals surface area (Å²) in [7, 11) is -3.67. The second kappa shape index (κ2) is 10.0. The van der Waals surface area contributed by atoms with Gasteiger partial charge in [0.05, 0.1) is 16.1 Å². The molecular weight excluding hydrogens is 461 g/mol. The number of hydrogen-bond acceptors (Lipinski definition) is 5. The minimum absolute atomic E-state index is 0.0214. The topological polar surface area (TPSA) is 114 Å².